The SMILES string of the molecule is C=C/C(CS)=C(SC)/C(=C/C(N)C1=C(F)C=CCC1)CC. The zero-order valence-electron chi connectivity index (χ0n) is 12.7. The molecule has 0 saturated heterocycles. The van der Waals surface area contributed by atoms with Crippen LogP contribution in [0, 0.1) is 0 Å². The summed E-state index contributed by atoms with van der Waals surface area (Å²) >= 11 is 6.01. The van der Waals surface area contributed by atoms with Crippen LogP contribution in [0.1, 0.15) is 26.2 Å². The number of allylic oxidation sites excluding steroid dienone is 5. The van der Waals surface area contributed by atoms with Crippen molar-refractivity contribution in [3.63, 3.8) is 0 Å². The molecule has 2 N–H and O–H groups in total. The van der Waals surface area contributed by atoms with Gasteiger partial charge in [0.25, 0.3) is 0 Å². The fraction of sp³-hybridized carbons (Fsp3) is 0.412. The predicted octanol–water partition coefficient (Wildman–Crippen LogP) is 4.96. The largest absolute Gasteiger partial charge is 0.321 e. The molecule has 0 radical (unpaired) electrons. The molecule has 0 fully saturated rings. The summed E-state index contributed by atoms with van der Waals surface area (Å²) in [5.74, 6) is 0.444. The molecule has 0 aromatic carbocycles. The van der Waals surface area contributed by atoms with Crippen LogP contribution in [0.5, 0.6) is 0 Å². The highest BCUT2D eigenvalue weighted by atomic mass is 32.2. The molecule has 1 unspecified atom stereocenters. The van der Waals surface area contributed by atoms with E-state index in [1.54, 1.807) is 11.8 Å². The summed E-state index contributed by atoms with van der Waals surface area (Å²) in [6, 6.07) is -0.377. The van der Waals surface area contributed by atoms with E-state index in [4.69, 9.17) is 5.73 Å². The molecule has 0 spiro atoms. The Morgan fingerprint density at radius 3 is 2.81 bits per heavy atom. The van der Waals surface area contributed by atoms with E-state index in [2.05, 4.69) is 26.1 Å². The van der Waals surface area contributed by atoms with Crippen LogP contribution in [0.4, 0.5) is 4.39 Å². The Kier molecular flexibility index (Phi) is 8.15. The third-order valence-corrected chi connectivity index (χ3v) is 4.79. The number of thiol groups is 1. The fourth-order valence-corrected chi connectivity index (χ4v) is 3.63. The predicted molar refractivity (Wildman–Crippen MR) is 97.4 cm³/mol. The van der Waals surface area contributed by atoms with Gasteiger partial charge in [-0.05, 0) is 48.3 Å². The summed E-state index contributed by atoms with van der Waals surface area (Å²) < 4.78 is 13.9. The van der Waals surface area contributed by atoms with Crippen molar-refractivity contribution in [2.45, 2.75) is 32.2 Å². The van der Waals surface area contributed by atoms with E-state index in [-0.39, 0.29) is 11.9 Å². The molecular formula is C17H24FNS2. The Labute approximate surface area is 137 Å². The average Bonchev–Trinajstić information content (AvgIpc) is 2.50. The second-order valence-corrected chi connectivity index (χ2v) is 5.94. The summed E-state index contributed by atoms with van der Waals surface area (Å²) in [6.45, 7) is 5.92. The standard InChI is InChI=1S/C17H24FNS2/c1-4-12(17(21-3)13(5-2)11-20)10-16(19)14-8-6-7-9-15(14)18/h5,7,9-10,16,20H,2,4,6,8,11,19H2,1,3H3/b12-10+,17-13+. The first kappa shape index (κ1) is 18.3. The number of hydrogen-bond acceptors (Lipinski definition) is 3. The number of nitrogens with two attached hydrogens (primary N) is 1. The quantitative estimate of drug-likeness (QED) is 0.511. The number of hydrogen-bond donors (Lipinski definition) is 2. The average molecular weight is 326 g/mol. The molecule has 0 aliphatic heterocycles. The summed E-state index contributed by atoms with van der Waals surface area (Å²) in [6.07, 6.45) is 11.6. The van der Waals surface area contributed by atoms with Crippen LogP contribution in [0.25, 0.3) is 0 Å². The van der Waals surface area contributed by atoms with Gasteiger partial charge >= 0.3 is 0 Å². The van der Waals surface area contributed by atoms with Gasteiger partial charge in [0.05, 0.1) is 0 Å². The maximum Gasteiger partial charge on any atom is 0.123 e. The maximum atomic E-state index is 13.9. The second kappa shape index (κ2) is 9.34. The van der Waals surface area contributed by atoms with Gasteiger partial charge < -0.3 is 5.73 Å². The van der Waals surface area contributed by atoms with Gasteiger partial charge in [-0.15, -0.1) is 11.8 Å². The highest BCUT2D eigenvalue weighted by molar-refractivity contribution is 8.02. The molecule has 1 rings (SSSR count). The first-order chi connectivity index (χ1) is 10.1. The number of halogens is 1. The third-order valence-electron chi connectivity index (χ3n) is 3.52. The van der Waals surface area contributed by atoms with Gasteiger partial charge in [-0.2, -0.15) is 12.6 Å². The summed E-state index contributed by atoms with van der Waals surface area (Å²) in [7, 11) is 0. The number of thioether (sulfide) groups is 1. The molecule has 1 atom stereocenters. The van der Waals surface area contributed by atoms with Crippen LogP contribution < -0.4 is 5.73 Å². The molecule has 1 nitrogen and oxygen atoms in total. The van der Waals surface area contributed by atoms with E-state index in [1.807, 2.05) is 24.5 Å². The molecule has 1 aliphatic carbocycles. The highest BCUT2D eigenvalue weighted by Crippen LogP contribution is 2.31. The van der Waals surface area contributed by atoms with E-state index in [9.17, 15) is 4.39 Å². The first-order valence-corrected chi connectivity index (χ1v) is 8.96. The molecule has 0 amide bonds. The Morgan fingerprint density at radius 2 is 2.33 bits per heavy atom. The van der Waals surface area contributed by atoms with Crippen LogP contribution in [0.3, 0.4) is 0 Å². The van der Waals surface area contributed by atoms with Crippen LogP contribution in [-0.4, -0.2) is 18.1 Å². The third kappa shape index (κ3) is 4.90. The van der Waals surface area contributed by atoms with Gasteiger partial charge in [0.15, 0.2) is 0 Å². The molecule has 116 valence electrons. The Hall–Kier alpha value is -0.710. The maximum absolute atomic E-state index is 13.9. The normalized spacial score (nSPS) is 18.6. The molecule has 0 bridgehead atoms. The van der Waals surface area contributed by atoms with Crippen molar-refractivity contribution >= 4 is 24.4 Å². The zero-order valence-corrected chi connectivity index (χ0v) is 14.4. The van der Waals surface area contributed by atoms with E-state index >= 15 is 0 Å². The van der Waals surface area contributed by atoms with E-state index < -0.39 is 0 Å². The minimum atomic E-state index is -0.377. The molecule has 0 aromatic heterocycles. The van der Waals surface area contributed by atoms with Crippen LogP contribution in [0.2, 0.25) is 0 Å². The first-order valence-electron chi connectivity index (χ1n) is 7.11. The Balaban J connectivity index is 3.16. The van der Waals surface area contributed by atoms with Gasteiger partial charge in [-0.3, -0.25) is 0 Å². The van der Waals surface area contributed by atoms with Crippen molar-refractivity contribution in [2.75, 3.05) is 12.0 Å². The van der Waals surface area contributed by atoms with Crippen molar-refractivity contribution in [2.24, 2.45) is 5.73 Å². The van der Waals surface area contributed by atoms with E-state index in [0.717, 1.165) is 28.9 Å². The molecule has 1 aliphatic rings. The van der Waals surface area contributed by atoms with Gasteiger partial charge in [0, 0.05) is 16.7 Å². The van der Waals surface area contributed by atoms with E-state index in [0.29, 0.717) is 17.7 Å². The molecule has 0 aromatic rings. The molecule has 0 saturated carbocycles. The van der Waals surface area contributed by atoms with Crippen LogP contribution >= 0.6 is 24.4 Å². The minimum Gasteiger partial charge on any atom is -0.321 e. The van der Waals surface area contributed by atoms with E-state index in [1.165, 1.54) is 6.08 Å². The monoisotopic (exact) mass is 325 g/mol. The lowest BCUT2D eigenvalue weighted by Crippen LogP contribution is -2.22. The van der Waals surface area contributed by atoms with Crippen molar-refractivity contribution in [3.8, 4) is 0 Å². The minimum absolute atomic E-state index is 0.187. The van der Waals surface area contributed by atoms with Gasteiger partial charge in [-0.1, -0.05) is 31.7 Å². The lowest BCUT2D eigenvalue weighted by molar-refractivity contribution is 0.619. The van der Waals surface area contributed by atoms with Crippen molar-refractivity contribution < 1.29 is 4.39 Å². The molecule has 4 heteroatoms. The summed E-state index contributed by atoms with van der Waals surface area (Å²) in [5, 5.41) is 0. The molecule has 0 heterocycles. The fourth-order valence-electron chi connectivity index (χ4n) is 2.35. The van der Waals surface area contributed by atoms with Crippen molar-refractivity contribution in [1.29, 1.82) is 0 Å². The Morgan fingerprint density at radius 1 is 1.62 bits per heavy atom. The zero-order chi connectivity index (χ0) is 15.8. The summed E-state index contributed by atoms with van der Waals surface area (Å²) in [4.78, 5) is 1.14. The lowest BCUT2D eigenvalue weighted by atomic mass is 9.95. The van der Waals surface area contributed by atoms with Crippen molar-refractivity contribution in [1.82, 2.24) is 0 Å². The van der Waals surface area contributed by atoms with Crippen molar-refractivity contribution in [3.05, 3.63) is 58.3 Å². The highest BCUT2D eigenvalue weighted by Gasteiger charge is 2.16. The lowest BCUT2D eigenvalue weighted by Gasteiger charge is -2.18. The topological polar surface area (TPSA) is 26.0 Å². The summed E-state index contributed by atoms with van der Waals surface area (Å²) in [5.41, 5.74) is 9.12. The Bertz CT molecular complexity index is 501. The van der Waals surface area contributed by atoms with Gasteiger partial charge in [0.1, 0.15) is 5.83 Å². The molecule has 21 heavy (non-hydrogen) atoms. The van der Waals surface area contributed by atoms with Gasteiger partial charge in [-0.25, -0.2) is 4.39 Å². The number of rotatable bonds is 7. The van der Waals surface area contributed by atoms with Gasteiger partial charge in [0.2, 0.25) is 0 Å². The van der Waals surface area contributed by atoms with Crippen LogP contribution in [0.15, 0.2) is 58.3 Å². The second-order valence-electron chi connectivity index (χ2n) is 4.81. The molecular weight excluding hydrogens is 301 g/mol. The smallest absolute Gasteiger partial charge is 0.123 e. The van der Waals surface area contributed by atoms with Crippen LogP contribution in [-0.2, 0) is 0 Å².